The lowest BCUT2D eigenvalue weighted by Gasteiger charge is -2.31. The van der Waals surface area contributed by atoms with Gasteiger partial charge in [0.2, 0.25) is 12.7 Å². The number of piperidine rings is 1. The van der Waals surface area contributed by atoms with Crippen LogP contribution in [0.15, 0.2) is 18.2 Å². The van der Waals surface area contributed by atoms with Gasteiger partial charge in [-0.1, -0.05) is 12.5 Å². The lowest BCUT2D eigenvalue weighted by atomic mass is 10.0. The Morgan fingerprint density at radius 1 is 1.33 bits per heavy atom. The summed E-state index contributed by atoms with van der Waals surface area (Å²) < 4.78 is 10.6. The molecule has 21 heavy (non-hydrogen) atoms. The molecule has 0 unspecified atom stereocenters. The van der Waals surface area contributed by atoms with E-state index in [0.717, 1.165) is 42.9 Å². The van der Waals surface area contributed by atoms with Crippen molar-refractivity contribution in [2.75, 3.05) is 26.9 Å². The highest BCUT2D eigenvalue weighted by atomic mass is 16.7. The number of rotatable bonds is 4. The van der Waals surface area contributed by atoms with Crippen LogP contribution in [-0.4, -0.2) is 43.8 Å². The maximum Gasteiger partial charge on any atom is 0.237 e. The molecule has 2 heterocycles. The van der Waals surface area contributed by atoms with Crippen molar-refractivity contribution in [1.29, 1.82) is 0 Å². The van der Waals surface area contributed by atoms with E-state index in [1.165, 1.54) is 6.42 Å². The molecule has 114 valence electrons. The molecule has 0 spiro atoms. The summed E-state index contributed by atoms with van der Waals surface area (Å²) in [5, 5.41) is 3.05. The molecule has 1 aromatic carbocycles. The van der Waals surface area contributed by atoms with Crippen LogP contribution in [0.1, 0.15) is 24.8 Å². The van der Waals surface area contributed by atoms with Crippen molar-refractivity contribution < 1.29 is 14.3 Å². The first-order valence-corrected chi connectivity index (χ1v) is 7.60. The van der Waals surface area contributed by atoms with E-state index in [4.69, 9.17) is 9.47 Å². The molecule has 0 radical (unpaired) electrons. The highest BCUT2D eigenvalue weighted by Gasteiger charge is 2.25. The van der Waals surface area contributed by atoms with Gasteiger partial charge >= 0.3 is 0 Å². The highest BCUT2D eigenvalue weighted by molar-refractivity contribution is 5.81. The number of likely N-dealkylation sites (tertiary alicyclic amines) is 1. The number of fused-ring (bicyclic) bond motifs is 1. The second-order valence-corrected chi connectivity index (χ2v) is 5.72. The molecule has 5 heteroatoms. The third-order valence-electron chi connectivity index (χ3n) is 4.22. The van der Waals surface area contributed by atoms with Gasteiger partial charge in [-0.25, -0.2) is 0 Å². The summed E-state index contributed by atoms with van der Waals surface area (Å²) in [4.78, 5) is 14.3. The summed E-state index contributed by atoms with van der Waals surface area (Å²) >= 11 is 0. The van der Waals surface area contributed by atoms with Gasteiger partial charge in [-0.2, -0.15) is 0 Å². The molecule has 1 aromatic rings. The average Bonchev–Trinajstić information content (AvgIpc) is 2.95. The van der Waals surface area contributed by atoms with Gasteiger partial charge in [0.1, 0.15) is 0 Å². The first-order valence-electron chi connectivity index (χ1n) is 7.60. The van der Waals surface area contributed by atoms with E-state index in [1.54, 1.807) is 0 Å². The predicted octanol–water partition coefficient (Wildman–Crippen LogP) is 1.56. The van der Waals surface area contributed by atoms with Gasteiger partial charge in [0, 0.05) is 6.54 Å². The lowest BCUT2D eigenvalue weighted by molar-refractivity contribution is -0.126. The second kappa shape index (κ2) is 6.35. The standard InChI is InChI=1S/C16H22N2O3/c1-18-9-3-2-4-13(18)16(19)17-8-7-12-5-6-14-15(10-12)21-11-20-14/h5-6,10,13H,2-4,7-9,11H2,1H3,(H,17,19)/t13-/m0/s1. The van der Waals surface area contributed by atoms with Gasteiger partial charge in [-0.05, 0) is 50.6 Å². The van der Waals surface area contributed by atoms with Crippen LogP contribution in [-0.2, 0) is 11.2 Å². The van der Waals surface area contributed by atoms with Gasteiger partial charge in [0.05, 0.1) is 6.04 Å². The minimum atomic E-state index is 0.0375. The first kappa shape index (κ1) is 14.2. The summed E-state index contributed by atoms with van der Waals surface area (Å²) in [7, 11) is 2.03. The number of hydrogen-bond donors (Lipinski definition) is 1. The molecule has 1 saturated heterocycles. The fourth-order valence-corrected chi connectivity index (χ4v) is 2.95. The largest absolute Gasteiger partial charge is 0.454 e. The Balaban J connectivity index is 1.48. The first-order chi connectivity index (χ1) is 10.2. The molecule has 0 saturated carbocycles. The van der Waals surface area contributed by atoms with Gasteiger partial charge in [0.25, 0.3) is 0 Å². The Morgan fingerprint density at radius 2 is 2.19 bits per heavy atom. The number of carbonyl (C=O) groups excluding carboxylic acids is 1. The van der Waals surface area contributed by atoms with Crippen LogP contribution in [0, 0.1) is 0 Å². The SMILES string of the molecule is CN1CCCC[C@H]1C(=O)NCCc1ccc2c(c1)OCO2. The van der Waals surface area contributed by atoms with Crippen LogP contribution >= 0.6 is 0 Å². The molecule has 2 aliphatic heterocycles. The Labute approximate surface area is 125 Å². The van der Waals surface area contributed by atoms with Gasteiger partial charge in [0.15, 0.2) is 11.5 Å². The fourth-order valence-electron chi connectivity index (χ4n) is 2.95. The maximum atomic E-state index is 12.2. The van der Waals surface area contributed by atoms with Gasteiger partial charge < -0.3 is 14.8 Å². The third kappa shape index (κ3) is 3.29. The van der Waals surface area contributed by atoms with Crippen LogP contribution < -0.4 is 14.8 Å². The zero-order chi connectivity index (χ0) is 14.7. The van der Waals surface area contributed by atoms with E-state index in [9.17, 15) is 4.79 Å². The molecular weight excluding hydrogens is 268 g/mol. The smallest absolute Gasteiger partial charge is 0.237 e. The van der Waals surface area contributed by atoms with E-state index in [-0.39, 0.29) is 11.9 Å². The summed E-state index contributed by atoms with van der Waals surface area (Å²) in [6, 6.07) is 5.97. The molecule has 0 aliphatic carbocycles. The Kier molecular flexibility index (Phi) is 4.29. The molecule has 1 amide bonds. The number of amides is 1. The average molecular weight is 290 g/mol. The number of carbonyl (C=O) groups is 1. The zero-order valence-electron chi connectivity index (χ0n) is 12.4. The summed E-state index contributed by atoms with van der Waals surface area (Å²) in [6.07, 6.45) is 4.10. The van der Waals surface area contributed by atoms with Crippen LogP contribution in [0.25, 0.3) is 0 Å². The topological polar surface area (TPSA) is 50.8 Å². The summed E-state index contributed by atoms with van der Waals surface area (Å²) in [5.74, 6) is 1.75. The van der Waals surface area contributed by atoms with Crippen molar-refractivity contribution >= 4 is 5.91 Å². The highest BCUT2D eigenvalue weighted by Crippen LogP contribution is 2.32. The molecule has 0 aromatic heterocycles. The van der Waals surface area contributed by atoms with Crippen LogP contribution in [0.2, 0.25) is 0 Å². The van der Waals surface area contributed by atoms with E-state index < -0.39 is 0 Å². The molecule has 1 fully saturated rings. The normalized spacial score (nSPS) is 21.3. The van der Waals surface area contributed by atoms with Gasteiger partial charge in [-0.15, -0.1) is 0 Å². The van der Waals surface area contributed by atoms with Crippen LogP contribution in [0.3, 0.4) is 0 Å². The summed E-state index contributed by atoms with van der Waals surface area (Å²) in [6.45, 7) is 1.96. The number of hydrogen-bond acceptors (Lipinski definition) is 4. The predicted molar refractivity (Wildman–Crippen MR) is 79.5 cm³/mol. The van der Waals surface area contributed by atoms with Crippen molar-refractivity contribution in [1.82, 2.24) is 10.2 Å². The van der Waals surface area contributed by atoms with E-state index >= 15 is 0 Å². The molecule has 2 aliphatic rings. The van der Waals surface area contributed by atoms with Crippen molar-refractivity contribution in [3.05, 3.63) is 23.8 Å². The Morgan fingerprint density at radius 3 is 3.05 bits per heavy atom. The number of nitrogens with one attached hydrogen (secondary N) is 1. The maximum absolute atomic E-state index is 12.2. The molecule has 3 rings (SSSR count). The van der Waals surface area contributed by atoms with Crippen molar-refractivity contribution in [2.24, 2.45) is 0 Å². The minimum absolute atomic E-state index is 0.0375. The van der Waals surface area contributed by atoms with Gasteiger partial charge in [-0.3, -0.25) is 9.69 Å². The monoisotopic (exact) mass is 290 g/mol. The zero-order valence-corrected chi connectivity index (χ0v) is 12.4. The number of ether oxygens (including phenoxy) is 2. The number of nitrogens with zero attached hydrogens (tertiary/aromatic N) is 1. The Bertz CT molecular complexity index is 518. The van der Waals surface area contributed by atoms with E-state index in [1.807, 2.05) is 25.2 Å². The van der Waals surface area contributed by atoms with E-state index in [0.29, 0.717) is 13.3 Å². The molecule has 5 nitrogen and oxygen atoms in total. The van der Waals surface area contributed by atoms with Crippen molar-refractivity contribution in [3.63, 3.8) is 0 Å². The number of likely N-dealkylation sites (N-methyl/N-ethyl adjacent to an activating group) is 1. The van der Waals surface area contributed by atoms with E-state index in [2.05, 4.69) is 10.2 Å². The molecular formula is C16H22N2O3. The third-order valence-corrected chi connectivity index (χ3v) is 4.22. The fraction of sp³-hybridized carbons (Fsp3) is 0.562. The van der Waals surface area contributed by atoms with Crippen LogP contribution in [0.4, 0.5) is 0 Å². The minimum Gasteiger partial charge on any atom is -0.454 e. The summed E-state index contributed by atoms with van der Waals surface area (Å²) in [5.41, 5.74) is 1.15. The lowest BCUT2D eigenvalue weighted by Crippen LogP contribution is -2.47. The quantitative estimate of drug-likeness (QED) is 0.914. The molecule has 0 bridgehead atoms. The number of benzene rings is 1. The second-order valence-electron chi connectivity index (χ2n) is 5.72. The Hall–Kier alpha value is -1.75. The molecule has 1 atom stereocenters. The van der Waals surface area contributed by atoms with Crippen molar-refractivity contribution in [3.8, 4) is 11.5 Å². The van der Waals surface area contributed by atoms with Crippen LogP contribution in [0.5, 0.6) is 11.5 Å². The van der Waals surface area contributed by atoms with Crippen molar-refractivity contribution in [2.45, 2.75) is 31.7 Å². The molecule has 1 N–H and O–H groups in total.